The first-order chi connectivity index (χ1) is 19.6. The molecule has 0 aromatic carbocycles. The van der Waals surface area contributed by atoms with Gasteiger partial charge in [0.05, 0.1) is 13.2 Å². The van der Waals surface area contributed by atoms with Gasteiger partial charge >= 0.3 is 0 Å². The maximum Gasteiger partial charge on any atom is 0.155 e. The lowest BCUT2D eigenvalue weighted by atomic mass is 10.0. The van der Waals surface area contributed by atoms with Crippen molar-refractivity contribution < 1.29 is 24.8 Å². The van der Waals surface area contributed by atoms with Crippen LogP contribution in [0.4, 0.5) is 0 Å². The van der Waals surface area contributed by atoms with Gasteiger partial charge in [0.2, 0.25) is 0 Å². The highest BCUT2D eigenvalue weighted by Gasteiger charge is 2.16. The third-order valence-electron chi connectivity index (χ3n) is 8.14. The minimum absolute atomic E-state index is 0.103. The fourth-order valence-corrected chi connectivity index (χ4v) is 5.40. The summed E-state index contributed by atoms with van der Waals surface area (Å²) in [5.41, 5.74) is 0. The molecular formula is C35H72O5. The number of aliphatic hydroxyl groups excluding tert-OH is 3. The third-order valence-corrected chi connectivity index (χ3v) is 8.14. The van der Waals surface area contributed by atoms with E-state index in [1.807, 2.05) is 0 Å². The van der Waals surface area contributed by atoms with Crippen molar-refractivity contribution in [1.82, 2.24) is 0 Å². The van der Waals surface area contributed by atoms with Crippen LogP contribution in [0.1, 0.15) is 194 Å². The first kappa shape index (κ1) is 39.8. The SMILES string of the molecule is CCCCCCCCCCCCCCCC(O)OC[C@H](CO)OC(O)CCCCCCCCCCCCCCC. The number of unbranched alkanes of at least 4 members (excludes halogenated alkanes) is 24. The molecule has 0 saturated carbocycles. The average molecular weight is 573 g/mol. The Morgan fingerprint density at radius 1 is 0.425 bits per heavy atom. The van der Waals surface area contributed by atoms with Crippen molar-refractivity contribution in [3.8, 4) is 0 Å². The third kappa shape index (κ3) is 30.8. The predicted molar refractivity (Wildman–Crippen MR) is 171 cm³/mol. The molecule has 2 unspecified atom stereocenters. The van der Waals surface area contributed by atoms with E-state index in [0.29, 0.717) is 12.8 Å². The highest BCUT2D eigenvalue weighted by molar-refractivity contribution is 4.58. The molecule has 0 aromatic rings. The van der Waals surface area contributed by atoms with E-state index < -0.39 is 18.7 Å². The first-order valence-corrected chi connectivity index (χ1v) is 17.9. The summed E-state index contributed by atoms with van der Waals surface area (Å²) in [6.45, 7) is 4.42. The molecule has 0 aliphatic rings. The van der Waals surface area contributed by atoms with E-state index >= 15 is 0 Å². The van der Waals surface area contributed by atoms with Crippen LogP contribution in [-0.2, 0) is 9.47 Å². The Morgan fingerprint density at radius 3 is 1.05 bits per heavy atom. The Hall–Kier alpha value is -0.200. The summed E-state index contributed by atoms with van der Waals surface area (Å²) < 4.78 is 11.0. The van der Waals surface area contributed by atoms with Gasteiger partial charge in [-0.3, -0.25) is 0 Å². The van der Waals surface area contributed by atoms with E-state index in [1.165, 1.54) is 141 Å². The Balaban J connectivity index is 3.51. The molecule has 0 aromatic heterocycles. The van der Waals surface area contributed by atoms with Gasteiger partial charge in [-0.05, 0) is 25.7 Å². The second-order valence-corrected chi connectivity index (χ2v) is 12.2. The lowest BCUT2D eigenvalue weighted by Gasteiger charge is -2.21. The number of hydrogen-bond acceptors (Lipinski definition) is 5. The molecule has 3 atom stereocenters. The summed E-state index contributed by atoms with van der Waals surface area (Å²) in [5.74, 6) is 0. The zero-order valence-corrected chi connectivity index (χ0v) is 27.1. The minimum Gasteiger partial charge on any atom is -0.394 e. The quantitative estimate of drug-likeness (QED) is 0.0528. The van der Waals surface area contributed by atoms with E-state index in [4.69, 9.17) is 9.47 Å². The zero-order valence-electron chi connectivity index (χ0n) is 27.1. The number of aliphatic hydroxyl groups is 3. The highest BCUT2D eigenvalue weighted by Crippen LogP contribution is 2.16. The maximum atomic E-state index is 10.2. The van der Waals surface area contributed by atoms with Crippen LogP contribution in [0.5, 0.6) is 0 Å². The fraction of sp³-hybridized carbons (Fsp3) is 1.00. The van der Waals surface area contributed by atoms with Gasteiger partial charge in [-0.2, -0.15) is 0 Å². The number of hydrogen-bond donors (Lipinski definition) is 3. The molecule has 0 heterocycles. The van der Waals surface area contributed by atoms with Crippen molar-refractivity contribution in [2.45, 2.75) is 212 Å². The van der Waals surface area contributed by atoms with Gasteiger partial charge in [0.1, 0.15) is 6.10 Å². The molecular weight excluding hydrogens is 500 g/mol. The molecule has 5 heteroatoms. The minimum atomic E-state index is -0.883. The predicted octanol–water partition coefficient (Wildman–Crippen LogP) is 9.98. The number of rotatable bonds is 34. The molecule has 0 saturated heterocycles. The van der Waals surface area contributed by atoms with Crippen molar-refractivity contribution in [3.05, 3.63) is 0 Å². The van der Waals surface area contributed by atoms with Gasteiger partial charge in [0.15, 0.2) is 12.6 Å². The van der Waals surface area contributed by atoms with Crippen LogP contribution >= 0.6 is 0 Å². The van der Waals surface area contributed by atoms with Crippen molar-refractivity contribution in [1.29, 1.82) is 0 Å². The molecule has 0 radical (unpaired) electrons. The van der Waals surface area contributed by atoms with Crippen LogP contribution in [0.15, 0.2) is 0 Å². The van der Waals surface area contributed by atoms with Crippen LogP contribution < -0.4 is 0 Å². The van der Waals surface area contributed by atoms with E-state index in [-0.39, 0.29) is 13.2 Å². The smallest absolute Gasteiger partial charge is 0.155 e. The summed E-state index contributed by atoms with van der Waals surface area (Å²) in [5, 5.41) is 29.9. The largest absolute Gasteiger partial charge is 0.394 e. The molecule has 0 fully saturated rings. The van der Waals surface area contributed by atoms with Gasteiger partial charge in [-0.1, -0.05) is 168 Å². The Kier molecular flexibility index (Phi) is 33.1. The Labute approximate surface area is 250 Å². The monoisotopic (exact) mass is 573 g/mol. The van der Waals surface area contributed by atoms with Gasteiger partial charge in [-0.15, -0.1) is 0 Å². The molecule has 242 valence electrons. The topological polar surface area (TPSA) is 79.2 Å². The molecule has 0 rings (SSSR count). The maximum absolute atomic E-state index is 10.2. The van der Waals surface area contributed by atoms with Crippen molar-refractivity contribution in [2.75, 3.05) is 13.2 Å². The van der Waals surface area contributed by atoms with Gasteiger partial charge in [0.25, 0.3) is 0 Å². The molecule has 0 amide bonds. The van der Waals surface area contributed by atoms with Gasteiger partial charge < -0.3 is 24.8 Å². The van der Waals surface area contributed by atoms with Crippen molar-refractivity contribution >= 4 is 0 Å². The molecule has 40 heavy (non-hydrogen) atoms. The van der Waals surface area contributed by atoms with E-state index in [9.17, 15) is 15.3 Å². The Bertz CT molecular complexity index is 461. The molecule has 3 N–H and O–H groups in total. The Morgan fingerprint density at radius 2 is 0.725 bits per heavy atom. The molecule has 5 nitrogen and oxygen atoms in total. The van der Waals surface area contributed by atoms with E-state index in [0.717, 1.165) is 25.7 Å². The molecule has 0 bridgehead atoms. The lowest BCUT2D eigenvalue weighted by Crippen LogP contribution is -2.31. The molecule has 0 aliphatic heterocycles. The summed E-state index contributed by atoms with van der Waals surface area (Å²) in [6.07, 6.45) is 32.7. The van der Waals surface area contributed by atoms with Gasteiger partial charge in [-0.25, -0.2) is 0 Å². The van der Waals surface area contributed by atoms with E-state index in [1.54, 1.807) is 0 Å². The number of ether oxygens (including phenoxy) is 2. The van der Waals surface area contributed by atoms with Crippen molar-refractivity contribution in [2.24, 2.45) is 0 Å². The van der Waals surface area contributed by atoms with Crippen LogP contribution in [0, 0.1) is 0 Å². The second-order valence-electron chi connectivity index (χ2n) is 12.2. The van der Waals surface area contributed by atoms with Crippen LogP contribution in [-0.4, -0.2) is 47.2 Å². The van der Waals surface area contributed by atoms with E-state index in [2.05, 4.69) is 13.8 Å². The van der Waals surface area contributed by atoms with Crippen LogP contribution in [0.25, 0.3) is 0 Å². The highest BCUT2D eigenvalue weighted by atomic mass is 16.6. The summed E-state index contributed by atoms with van der Waals surface area (Å²) in [4.78, 5) is 0. The molecule has 0 spiro atoms. The van der Waals surface area contributed by atoms with Gasteiger partial charge in [0, 0.05) is 0 Å². The van der Waals surface area contributed by atoms with Crippen LogP contribution in [0.3, 0.4) is 0 Å². The standard InChI is InChI=1S/C35H72O5/c1-3-5-7-9-11-13-15-17-19-21-23-25-27-29-34(37)39-32-33(31-36)40-35(38)30-28-26-24-22-20-18-16-14-12-10-8-6-4-2/h33-38H,3-32H2,1-2H3/t33-,34?,35?/m0/s1. The summed E-state index contributed by atoms with van der Waals surface area (Å²) in [6, 6.07) is 0. The fourth-order valence-electron chi connectivity index (χ4n) is 5.40. The normalized spacial score (nSPS) is 14.0. The first-order valence-electron chi connectivity index (χ1n) is 17.9. The average Bonchev–Trinajstić information content (AvgIpc) is 2.96. The second kappa shape index (κ2) is 33.3. The summed E-state index contributed by atoms with van der Waals surface area (Å²) >= 11 is 0. The van der Waals surface area contributed by atoms with Crippen LogP contribution in [0.2, 0.25) is 0 Å². The lowest BCUT2D eigenvalue weighted by molar-refractivity contribution is -0.191. The van der Waals surface area contributed by atoms with Crippen molar-refractivity contribution in [3.63, 3.8) is 0 Å². The summed E-state index contributed by atoms with van der Waals surface area (Å²) in [7, 11) is 0. The molecule has 0 aliphatic carbocycles. The zero-order chi connectivity index (χ0) is 29.4.